The predicted octanol–water partition coefficient (Wildman–Crippen LogP) is 4.09. The van der Waals surface area contributed by atoms with Crippen LogP contribution in [0.4, 0.5) is 5.95 Å². The van der Waals surface area contributed by atoms with E-state index in [-0.39, 0.29) is 12.1 Å². The summed E-state index contributed by atoms with van der Waals surface area (Å²) in [4.78, 5) is 0. The van der Waals surface area contributed by atoms with Gasteiger partial charge in [0.05, 0.1) is 12.1 Å². The number of nitrogens with one attached hydrogen (secondary N) is 1. The van der Waals surface area contributed by atoms with E-state index in [0.717, 1.165) is 17.0 Å². The molecule has 0 aliphatic carbocycles. The summed E-state index contributed by atoms with van der Waals surface area (Å²) in [6.45, 7) is 4.27. The highest BCUT2D eigenvalue weighted by molar-refractivity contribution is 6.30. The Kier molecular flexibility index (Phi) is 3.73. The first kappa shape index (κ1) is 15.1. The lowest BCUT2D eigenvalue weighted by atomic mass is 9.92. The molecule has 0 radical (unpaired) electrons. The zero-order valence-electron chi connectivity index (χ0n) is 13.6. The van der Waals surface area contributed by atoms with Crippen LogP contribution in [0.3, 0.4) is 0 Å². The lowest BCUT2D eigenvalue weighted by Crippen LogP contribution is -2.28. The normalized spacial score (nSPS) is 19.6. The summed E-state index contributed by atoms with van der Waals surface area (Å²) in [5, 5.41) is 16.3. The van der Waals surface area contributed by atoms with Gasteiger partial charge in [-0.1, -0.05) is 47.0 Å². The number of aromatic nitrogens is 4. The third kappa shape index (κ3) is 2.65. The molecule has 6 heteroatoms. The van der Waals surface area contributed by atoms with Crippen LogP contribution >= 0.6 is 11.6 Å². The van der Waals surface area contributed by atoms with Crippen molar-refractivity contribution < 1.29 is 0 Å². The molecule has 0 spiro atoms. The Morgan fingerprint density at radius 3 is 2.54 bits per heavy atom. The summed E-state index contributed by atoms with van der Waals surface area (Å²) in [5.74, 6) is 0.699. The number of anilines is 1. The topological polar surface area (TPSA) is 55.6 Å². The maximum absolute atomic E-state index is 6.03. The zero-order valence-corrected chi connectivity index (χ0v) is 14.3. The van der Waals surface area contributed by atoms with Gasteiger partial charge in [0.15, 0.2) is 0 Å². The molecule has 5 nitrogen and oxygen atoms in total. The standard InChI is InChI=1S/C18H18ClN5/c1-11-3-4-14(9-12(11)2)16-10-17(13-5-7-15(19)8-6-13)24-18(20-16)21-22-23-24/h3-9,16-17H,10H2,1-2H3,(H,20,21,23). The number of nitrogens with zero attached hydrogens (tertiary/aromatic N) is 4. The lowest BCUT2D eigenvalue weighted by Gasteiger charge is -2.31. The SMILES string of the molecule is Cc1ccc(C2CC(c3ccc(Cl)cc3)n3nnnc3N2)cc1C. The van der Waals surface area contributed by atoms with E-state index in [1.807, 2.05) is 28.9 Å². The maximum atomic E-state index is 6.03. The Balaban J connectivity index is 1.72. The van der Waals surface area contributed by atoms with Crippen molar-refractivity contribution in [2.45, 2.75) is 32.4 Å². The average molecular weight is 340 g/mol. The van der Waals surface area contributed by atoms with Crippen LogP contribution < -0.4 is 5.32 Å². The summed E-state index contributed by atoms with van der Waals surface area (Å²) in [6, 6.07) is 14.7. The lowest BCUT2D eigenvalue weighted by molar-refractivity contribution is 0.423. The van der Waals surface area contributed by atoms with Crippen LogP contribution in [0.2, 0.25) is 5.02 Å². The first-order chi connectivity index (χ1) is 11.6. The fourth-order valence-corrected chi connectivity index (χ4v) is 3.33. The maximum Gasteiger partial charge on any atom is 0.243 e. The Labute approximate surface area is 145 Å². The van der Waals surface area contributed by atoms with Crippen LogP contribution in [0.1, 0.15) is 40.8 Å². The zero-order chi connectivity index (χ0) is 16.7. The largest absolute Gasteiger partial charge is 0.346 e. The molecule has 1 aliphatic heterocycles. The van der Waals surface area contributed by atoms with Crippen molar-refractivity contribution in [1.29, 1.82) is 0 Å². The fourth-order valence-electron chi connectivity index (χ4n) is 3.20. The van der Waals surface area contributed by atoms with Gasteiger partial charge in [-0.05, 0) is 65.1 Å². The Hall–Kier alpha value is -2.40. The van der Waals surface area contributed by atoms with Crippen LogP contribution in [0.5, 0.6) is 0 Å². The first-order valence-corrected chi connectivity index (χ1v) is 8.36. The smallest absolute Gasteiger partial charge is 0.243 e. The number of benzene rings is 2. The number of aryl methyl sites for hydroxylation is 2. The van der Waals surface area contributed by atoms with Crippen molar-refractivity contribution >= 4 is 17.5 Å². The molecule has 1 aromatic heterocycles. The molecular formula is C18H18ClN5. The van der Waals surface area contributed by atoms with Crippen LogP contribution in [-0.4, -0.2) is 20.2 Å². The quantitative estimate of drug-likeness (QED) is 0.764. The summed E-state index contributed by atoms with van der Waals surface area (Å²) in [6.07, 6.45) is 0.877. The van der Waals surface area contributed by atoms with Gasteiger partial charge in [0.25, 0.3) is 0 Å². The minimum Gasteiger partial charge on any atom is -0.346 e. The number of hydrogen-bond acceptors (Lipinski definition) is 4. The molecule has 1 aliphatic rings. The van der Waals surface area contributed by atoms with Gasteiger partial charge in [-0.15, -0.1) is 0 Å². The van der Waals surface area contributed by atoms with Crippen LogP contribution in [0.25, 0.3) is 0 Å². The first-order valence-electron chi connectivity index (χ1n) is 7.99. The molecule has 1 N–H and O–H groups in total. The van der Waals surface area contributed by atoms with Gasteiger partial charge in [0.1, 0.15) is 0 Å². The number of tetrazole rings is 1. The third-order valence-electron chi connectivity index (χ3n) is 4.74. The van der Waals surface area contributed by atoms with Gasteiger partial charge in [0, 0.05) is 5.02 Å². The van der Waals surface area contributed by atoms with Crippen molar-refractivity contribution in [3.63, 3.8) is 0 Å². The molecular weight excluding hydrogens is 322 g/mol. The number of halogens is 1. The van der Waals surface area contributed by atoms with Crippen molar-refractivity contribution in [1.82, 2.24) is 20.2 Å². The van der Waals surface area contributed by atoms with E-state index >= 15 is 0 Å². The molecule has 0 amide bonds. The van der Waals surface area contributed by atoms with E-state index in [1.54, 1.807) is 0 Å². The van der Waals surface area contributed by atoms with E-state index in [2.05, 4.69) is 52.9 Å². The summed E-state index contributed by atoms with van der Waals surface area (Å²) >= 11 is 6.03. The molecule has 0 bridgehead atoms. The van der Waals surface area contributed by atoms with Gasteiger partial charge in [-0.2, -0.15) is 0 Å². The monoisotopic (exact) mass is 339 g/mol. The van der Waals surface area contributed by atoms with Crippen molar-refractivity contribution in [2.75, 3.05) is 5.32 Å². The molecule has 3 aromatic rings. The van der Waals surface area contributed by atoms with Crippen molar-refractivity contribution in [3.05, 3.63) is 69.7 Å². The van der Waals surface area contributed by atoms with Gasteiger partial charge in [-0.3, -0.25) is 0 Å². The minimum atomic E-state index is 0.0834. The van der Waals surface area contributed by atoms with E-state index in [9.17, 15) is 0 Å². The number of fused-ring (bicyclic) bond motifs is 1. The predicted molar refractivity (Wildman–Crippen MR) is 94.3 cm³/mol. The van der Waals surface area contributed by atoms with Gasteiger partial charge >= 0.3 is 0 Å². The van der Waals surface area contributed by atoms with Crippen molar-refractivity contribution in [2.24, 2.45) is 0 Å². The summed E-state index contributed by atoms with van der Waals surface area (Å²) < 4.78 is 1.85. The Morgan fingerprint density at radius 2 is 1.79 bits per heavy atom. The molecule has 2 atom stereocenters. The minimum absolute atomic E-state index is 0.0834. The molecule has 0 saturated heterocycles. The number of hydrogen-bond donors (Lipinski definition) is 1. The van der Waals surface area contributed by atoms with Crippen molar-refractivity contribution in [3.8, 4) is 0 Å². The number of rotatable bonds is 2. The van der Waals surface area contributed by atoms with E-state index in [1.165, 1.54) is 16.7 Å². The highest BCUT2D eigenvalue weighted by Gasteiger charge is 2.30. The molecule has 0 fully saturated rings. The molecule has 2 aromatic carbocycles. The second-order valence-electron chi connectivity index (χ2n) is 6.29. The molecule has 122 valence electrons. The molecule has 0 saturated carbocycles. The van der Waals surface area contributed by atoms with Gasteiger partial charge in [-0.25, -0.2) is 4.68 Å². The second kappa shape index (κ2) is 5.91. The molecule has 2 unspecified atom stereocenters. The Morgan fingerprint density at radius 1 is 1.04 bits per heavy atom. The fraction of sp³-hybridized carbons (Fsp3) is 0.278. The van der Waals surface area contributed by atoms with Crippen LogP contribution in [-0.2, 0) is 0 Å². The van der Waals surface area contributed by atoms with Crippen LogP contribution in [0, 0.1) is 13.8 Å². The van der Waals surface area contributed by atoms with Crippen LogP contribution in [0.15, 0.2) is 42.5 Å². The average Bonchev–Trinajstić information content (AvgIpc) is 3.06. The highest BCUT2D eigenvalue weighted by atomic mass is 35.5. The highest BCUT2D eigenvalue weighted by Crippen LogP contribution is 2.37. The molecule has 2 heterocycles. The second-order valence-corrected chi connectivity index (χ2v) is 6.73. The Bertz CT molecular complexity index is 871. The van der Waals surface area contributed by atoms with E-state index in [0.29, 0.717) is 5.95 Å². The molecule has 24 heavy (non-hydrogen) atoms. The molecule has 4 rings (SSSR count). The van der Waals surface area contributed by atoms with Gasteiger partial charge in [0.2, 0.25) is 5.95 Å². The summed E-state index contributed by atoms with van der Waals surface area (Å²) in [7, 11) is 0. The van der Waals surface area contributed by atoms with Gasteiger partial charge < -0.3 is 5.32 Å². The third-order valence-corrected chi connectivity index (χ3v) is 4.99. The van der Waals surface area contributed by atoms with E-state index < -0.39 is 0 Å². The summed E-state index contributed by atoms with van der Waals surface area (Å²) in [5.41, 5.74) is 5.01. The van der Waals surface area contributed by atoms with E-state index in [4.69, 9.17) is 11.6 Å².